The van der Waals surface area contributed by atoms with Crippen LogP contribution in [0.3, 0.4) is 0 Å². The first-order valence-electron chi connectivity index (χ1n) is 13.1. The van der Waals surface area contributed by atoms with Crippen LogP contribution in [0.5, 0.6) is 5.88 Å². The number of carbonyl (C=O) groups excluding carboxylic acids is 1. The highest BCUT2D eigenvalue weighted by Gasteiger charge is 2.31. The van der Waals surface area contributed by atoms with Gasteiger partial charge in [-0.2, -0.15) is 5.10 Å². The van der Waals surface area contributed by atoms with Gasteiger partial charge in [-0.1, -0.05) is 53.8 Å². The largest absolute Gasteiger partial charge is 0.472 e. The number of ether oxygens (including phenoxy) is 2. The fraction of sp³-hybridized carbons (Fsp3) is 0.556. The number of H-pyrrole nitrogens is 1. The third-order valence-corrected chi connectivity index (χ3v) is 7.57. The number of nitrogens with zero attached hydrogens (tertiary/aromatic N) is 4. The number of aromatic nitrogens is 5. The number of benzene rings is 1. The maximum Gasteiger partial charge on any atom is 0.362 e. The lowest BCUT2D eigenvalue weighted by atomic mass is 9.82. The standard InChI is InChI=1S/C27H35N5O4/c1-2-35-26(33)24-25(30-31-29-24)36-22-12-10-20(11-13-22)19-6-8-21(9-7-19)23-14-17-28-32(23)18-27(34)15-4-3-5-16-27/h6-9,14,17,20,22,34H,2-5,10-13,15-16,18H2,1H3,(H,29,30,31). The average Bonchev–Trinajstić information content (AvgIpc) is 3.55. The predicted octanol–water partition coefficient (Wildman–Crippen LogP) is 4.65. The number of esters is 1. The maximum absolute atomic E-state index is 12.0. The van der Waals surface area contributed by atoms with E-state index in [1.54, 1.807) is 6.92 Å². The summed E-state index contributed by atoms with van der Waals surface area (Å²) in [5.74, 6) is 0.185. The Morgan fingerprint density at radius 1 is 1.11 bits per heavy atom. The first kappa shape index (κ1) is 24.5. The van der Waals surface area contributed by atoms with E-state index >= 15 is 0 Å². The zero-order valence-electron chi connectivity index (χ0n) is 20.9. The van der Waals surface area contributed by atoms with Gasteiger partial charge in [0.2, 0.25) is 5.69 Å². The van der Waals surface area contributed by atoms with Crippen molar-refractivity contribution in [3.8, 4) is 17.1 Å². The monoisotopic (exact) mass is 493 g/mol. The second kappa shape index (κ2) is 10.8. The number of rotatable bonds is 8. The summed E-state index contributed by atoms with van der Waals surface area (Å²) in [4.78, 5) is 12.0. The quantitative estimate of drug-likeness (QED) is 0.439. The van der Waals surface area contributed by atoms with Gasteiger partial charge in [0.15, 0.2) is 0 Å². The molecule has 192 valence electrons. The summed E-state index contributed by atoms with van der Waals surface area (Å²) in [6.07, 6.45) is 10.6. The summed E-state index contributed by atoms with van der Waals surface area (Å²) in [5, 5.41) is 25.7. The molecule has 2 aliphatic rings. The molecule has 2 heterocycles. The van der Waals surface area contributed by atoms with Crippen molar-refractivity contribution in [3.05, 3.63) is 47.8 Å². The molecule has 36 heavy (non-hydrogen) atoms. The van der Waals surface area contributed by atoms with Crippen molar-refractivity contribution >= 4 is 5.97 Å². The van der Waals surface area contributed by atoms with Crippen LogP contribution in [0, 0.1) is 0 Å². The molecule has 2 aromatic heterocycles. The van der Waals surface area contributed by atoms with Gasteiger partial charge < -0.3 is 14.6 Å². The van der Waals surface area contributed by atoms with Crippen molar-refractivity contribution < 1.29 is 19.4 Å². The van der Waals surface area contributed by atoms with Gasteiger partial charge in [-0.15, -0.1) is 0 Å². The first-order valence-corrected chi connectivity index (χ1v) is 13.1. The lowest BCUT2D eigenvalue weighted by Gasteiger charge is -2.32. The molecule has 2 fully saturated rings. The topological polar surface area (TPSA) is 115 Å². The van der Waals surface area contributed by atoms with E-state index in [0.717, 1.165) is 62.6 Å². The maximum atomic E-state index is 12.0. The Balaban J connectivity index is 1.18. The minimum Gasteiger partial charge on any atom is -0.472 e. The molecule has 0 amide bonds. The van der Waals surface area contributed by atoms with Crippen LogP contribution in [0.2, 0.25) is 0 Å². The van der Waals surface area contributed by atoms with Gasteiger partial charge in [0.25, 0.3) is 5.88 Å². The summed E-state index contributed by atoms with van der Waals surface area (Å²) in [6, 6.07) is 10.8. The highest BCUT2D eigenvalue weighted by molar-refractivity contribution is 5.89. The molecule has 0 radical (unpaired) electrons. The van der Waals surface area contributed by atoms with Gasteiger partial charge >= 0.3 is 5.97 Å². The summed E-state index contributed by atoms with van der Waals surface area (Å²) < 4.78 is 13.0. The molecule has 0 spiro atoms. The van der Waals surface area contributed by atoms with E-state index in [0.29, 0.717) is 12.5 Å². The number of hydrogen-bond acceptors (Lipinski definition) is 7. The average molecular weight is 494 g/mol. The van der Waals surface area contributed by atoms with Crippen molar-refractivity contribution in [3.63, 3.8) is 0 Å². The van der Waals surface area contributed by atoms with Gasteiger partial charge in [0.05, 0.1) is 24.4 Å². The Morgan fingerprint density at radius 3 is 2.58 bits per heavy atom. The third kappa shape index (κ3) is 5.46. The molecular formula is C27H35N5O4. The Hall–Kier alpha value is -3.20. The fourth-order valence-electron chi connectivity index (χ4n) is 5.59. The number of aromatic amines is 1. The number of hydrogen-bond donors (Lipinski definition) is 2. The molecule has 0 bridgehead atoms. The summed E-state index contributed by atoms with van der Waals surface area (Å²) in [7, 11) is 0. The van der Waals surface area contributed by atoms with E-state index in [1.165, 1.54) is 12.0 Å². The highest BCUT2D eigenvalue weighted by Crippen LogP contribution is 2.36. The van der Waals surface area contributed by atoms with Crippen LogP contribution in [0.4, 0.5) is 0 Å². The van der Waals surface area contributed by atoms with Gasteiger partial charge in [0.1, 0.15) is 6.10 Å². The molecule has 9 heteroatoms. The summed E-state index contributed by atoms with van der Waals surface area (Å²) in [5.41, 5.74) is 3.00. The molecule has 2 N–H and O–H groups in total. The Kier molecular flexibility index (Phi) is 7.36. The van der Waals surface area contributed by atoms with Crippen LogP contribution in [0.25, 0.3) is 11.3 Å². The molecule has 1 aromatic carbocycles. The van der Waals surface area contributed by atoms with Crippen LogP contribution < -0.4 is 4.74 Å². The van der Waals surface area contributed by atoms with Crippen molar-refractivity contribution in [2.24, 2.45) is 0 Å². The zero-order chi connectivity index (χ0) is 25.0. The van der Waals surface area contributed by atoms with E-state index < -0.39 is 11.6 Å². The molecule has 2 saturated carbocycles. The van der Waals surface area contributed by atoms with Crippen molar-refractivity contribution in [1.82, 2.24) is 25.2 Å². The van der Waals surface area contributed by atoms with Gasteiger partial charge in [0, 0.05) is 6.20 Å². The Labute approximate surface area is 211 Å². The summed E-state index contributed by atoms with van der Waals surface area (Å²) >= 11 is 0. The van der Waals surface area contributed by atoms with Gasteiger partial charge in [-0.05, 0) is 68.6 Å². The third-order valence-electron chi connectivity index (χ3n) is 7.57. The SMILES string of the molecule is CCOC(=O)c1[nH]nnc1OC1CCC(c2ccc(-c3ccnn3CC3(O)CCCCC3)cc2)CC1. The Bertz CT molecular complexity index is 1140. The van der Waals surface area contributed by atoms with E-state index in [2.05, 4.69) is 44.8 Å². The molecule has 0 unspecified atom stereocenters. The van der Waals surface area contributed by atoms with Crippen molar-refractivity contribution in [2.75, 3.05) is 6.61 Å². The number of carbonyl (C=O) groups is 1. The summed E-state index contributed by atoms with van der Waals surface area (Å²) in [6.45, 7) is 2.59. The fourth-order valence-corrected chi connectivity index (χ4v) is 5.59. The zero-order valence-corrected chi connectivity index (χ0v) is 20.9. The molecule has 3 aromatic rings. The van der Waals surface area contributed by atoms with E-state index in [-0.39, 0.29) is 24.3 Å². The van der Waals surface area contributed by atoms with Crippen LogP contribution in [-0.2, 0) is 11.3 Å². The van der Waals surface area contributed by atoms with Crippen LogP contribution in [-0.4, -0.2) is 54.6 Å². The highest BCUT2D eigenvalue weighted by atomic mass is 16.5. The molecule has 2 aliphatic carbocycles. The van der Waals surface area contributed by atoms with Crippen LogP contribution in [0.15, 0.2) is 36.5 Å². The lowest BCUT2D eigenvalue weighted by Crippen LogP contribution is -2.36. The van der Waals surface area contributed by atoms with Crippen molar-refractivity contribution in [2.45, 2.75) is 88.9 Å². The minimum atomic E-state index is -0.650. The lowest BCUT2D eigenvalue weighted by molar-refractivity contribution is -0.0138. The van der Waals surface area contributed by atoms with Crippen molar-refractivity contribution in [1.29, 1.82) is 0 Å². The molecule has 0 atom stereocenters. The van der Waals surface area contributed by atoms with Crippen LogP contribution >= 0.6 is 0 Å². The van der Waals surface area contributed by atoms with Gasteiger partial charge in [-0.3, -0.25) is 4.68 Å². The number of nitrogens with one attached hydrogen (secondary N) is 1. The molecule has 0 aliphatic heterocycles. The molecule has 9 nitrogen and oxygen atoms in total. The first-order chi connectivity index (χ1) is 17.5. The smallest absolute Gasteiger partial charge is 0.362 e. The van der Waals surface area contributed by atoms with E-state index in [1.807, 2.05) is 16.9 Å². The van der Waals surface area contributed by atoms with Crippen LogP contribution in [0.1, 0.15) is 86.7 Å². The minimum absolute atomic E-state index is 0.00117. The number of aliphatic hydroxyl groups is 1. The Morgan fingerprint density at radius 2 is 1.86 bits per heavy atom. The predicted molar refractivity (Wildman–Crippen MR) is 134 cm³/mol. The molecule has 5 rings (SSSR count). The second-order valence-corrected chi connectivity index (χ2v) is 10.1. The molecule has 0 saturated heterocycles. The van der Waals surface area contributed by atoms with Gasteiger partial charge in [-0.25, -0.2) is 9.89 Å². The second-order valence-electron chi connectivity index (χ2n) is 10.1. The normalized spacial score (nSPS) is 21.7. The van der Waals surface area contributed by atoms with E-state index in [9.17, 15) is 9.90 Å². The molecular weight excluding hydrogens is 458 g/mol. The van der Waals surface area contributed by atoms with E-state index in [4.69, 9.17) is 9.47 Å².